The number of carboxylic acid groups (broad SMARTS) is 1. The summed E-state index contributed by atoms with van der Waals surface area (Å²) in [5.74, 6) is 0. The van der Waals surface area contributed by atoms with Crippen molar-refractivity contribution in [3.63, 3.8) is 0 Å². The SMILES string of the molecule is CCCCCCC(COC(=O)O)OCCOC. The van der Waals surface area contributed by atoms with Crippen molar-refractivity contribution in [3.8, 4) is 0 Å². The summed E-state index contributed by atoms with van der Waals surface area (Å²) in [7, 11) is 1.60. The topological polar surface area (TPSA) is 65.0 Å². The Kier molecular flexibility index (Phi) is 11.1. The van der Waals surface area contributed by atoms with Crippen LogP contribution in [-0.4, -0.2) is 44.3 Å². The molecule has 0 aromatic carbocycles. The predicted octanol–water partition coefficient (Wildman–Crippen LogP) is 2.68. The summed E-state index contributed by atoms with van der Waals surface area (Å²) in [5.41, 5.74) is 0. The minimum atomic E-state index is -1.25. The zero-order valence-electron chi connectivity index (χ0n) is 10.8. The Bertz CT molecular complexity index is 184. The van der Waals surface area contributed by atoms with Crippen LogP contribution in [0.15, 0.2) is 0 Å². The molecule has 0 heterocycles. The molecule has 0 saturated heterocycles. The van der Waals surface area contributed by atoms with Crippen molar-refractivity contribution in [1.82, 2.24) is 0 Å². The van der Waals surface area contributed by atoms with E-state index in [0.717, 1.165) is 19.3 Å². The van der Waals surface area contributed by atoms with Gasteiger partial charge in [0.1, 0.15) is 6.61 Å². The first kappa shape index (κ1) is 16.2. The van der Waals surface area contributed by atoms with Crippen LogP contribution in [0.25, 0.3) is 0 Å². The van der Waals surface area contributed by atoms with Crippen molar-refractivity contribution >= 4 is 6.16 Å². The molecule has 0 aliphatic carbocycles. The van der Waals surface area contributed by atoms with Gasteiger partial charge in [-0.25, -0.2) is 4.79 Å². The first-order chi connectivity index (χ1) is 8.20. The van der Waals surface area contributed by atoms with Crippen molar-refractivity contribution in [2.75, 3.05) is 26.9 Å². The van der Waals surface area contributed by atoms with Gasteiger partial charge in [0, 0.05) is 7.11 Å². The van der Waals surface area contributed by atoms with E-state index in [1.54, 1.807) is 7.11 Å². The molecule has 0 radical (unpaired) electrons. The second kappa shape index (κ2) is 11.7. The van der Waals surface area contributed by atoms with Crippen LogP contribution in [0.2, 0.25) is 0 Å². The lowest BCUT2D eigenvalue weighted by Gasteiger charge is -2.16. The average Bonchev–Trinajstić information content (AvgIpc) is 2.30. The van der Waals surface area contributed by atoms with Gasteiger partial charge in [-0.15, -0.1) is 0 Å². The van der Waals surface area contributed by atoms with Gasteiger partial charge in [0.2, 0.25) is 0 Å². The normalized spacial score (nSPS) is 12.4. The summed E-state index contributed by atoms with van der Waals surface area (Å²) in [4.78, 5) is 10.3. The van der Waals surface area contributed by atoms with E-state index in [2.05, 4.69) is 11.7 Å². The van der Waals surface area contributed by atoms with Crippen LogP contribution >= 0.6 is 0 Å². The van der Waals surface area contributed by atoms with Crippen LogP contribution in [0, 0.1) is 0 Å². The zero-order chi connectivity index (χ0) is 12.9. The molecule has 0 aromatic heterocycles. The number of carbonyl (C=O) groups is 1. The fourth-order valence-corrected chi connectivity index (χ4v) is 1.48. The molecular weight excluding hydrogens is 224 g/mol. The molecule has 0 saturated carbocycles. The second-order valence-electron chi connectivity index (χ2n) is 3.91. The Hall–Kier alpha value is -0.810. The molecular formula is C12H24O5. The highest BCUT2D eigenvalue weighted by atomic mass is 16.7. The summed E-state index contributed by atoms with van der Waals surface area (Å²) in [6.45, 7) is 3.24. The third kappa shape index (κ3) is 11.5. The van der Waals surface area contributed by atoms with Crippen LogP contribution in [0.4, 0.5) is 4.79 Å². The van der Waals surface area contributed by atoms with E-state index in [1.807, 2.05) is 0 Å². The minimum absolute atomic E-state index is 0.102. The van der Waals surface area contributed by atoms with Crippen molar-refractivity contribution in [2.45, 2.75) is 45.1 Å². The highest BCUT2D eigenvalue weighted by molar-refractivity contribution is 5.56. The van der Waals surface area contributed by atoms with E-state index in [9.17, 15) is 4.79 Å². The molecule has 0 bridgehead atoms. The van der Waals surface area contributed by atoms with Gasteiger partial charge < -0.3 is 19.3 Å². The van der Waals surface area contributed by atoms with Gasteiger partial charge in [-0.1, -0.05) is 32.6 Å². The summed E-state index contributed by atoms with van der Waals surface area (Å²) < 4.78 is 14.9. The first-order valence-corrected chi connectivity index (χ1v) is 6.17. The van der Waals surface area contributed by atoms with E-state index in [-0.39, 0.29) is 12.7 Å². The maximum Gasteiger partial charge on any atom is 0.505 e. The van der Waals surface area contributed by atoms with E-state index < -0.39 is 6.16 Å². The van der Waals surface area contributed by atoms with Crippen molar-refractivity contribution in [2.24, 2.45) is 0 Å². The number of hydrogen-bond donors (Lipinski definition) is 1. The molecule has 1 unspecified atom stereocenters. The monoisotopic (exact) mass is 248 g/mol. The molecule has 0 aromatic rings. The lowest BCUT2D eigenvalue weighted by atomic mass is 10.1. The number of hydrogen-bond acceptors (Lipinski definition) is 4. The van der Waals surface area contributed by atoms with Crippen LogP contribution in [0.1, 0.15) is 39.0 Å². The highest BCUT2D eigenvalue weighted by Crippen LogP contribution is 2.09. The van der Waals surface area contributed by atoms with E-state index in [1.165, 1.54) is 12.8 Å². The third-order valence-electron chi connectivity index (χ3n) is 2.41. The van der Waals surface area contributed by atoms with Gasteiger partial charge in [0.15, 0.2) is 0 Å². The Labute approximate surface area is 103 Å². The molecule has 0 spiro atoms. The quantitative estimate of drug-likeness (QED) is 0.450. The maximum absolute atomic E-state index is 10.3. The van der Waals surface area contributed by atoms with Gasteiger partial charge in [0.25, 0.3) is 0 Å². The molecule has 0 rings (SSSR count). The molecule has 1 N–H and O–H groups in total. The minimum Gasteiger partial charge on any atom is -0.450 e. The molecule has 102 valence electrons. The molecule has 17 heavy (non-hydrogen) atoms. The molecule has 5 nitrogen and oxygen atoms in total. The van der Waals surface area contributed by atoms with Crippen molar-refractivity contribution < 1.29 is 24.1 Å². The van der Waals surface area contributed by atoms with Crippen molar-refractivity contribution in [3.05, 3.63) is 0 Å². The number of ether oxygens (including phenoxy) is 3. The van der Waals surface area contributed by atoms with Crippen molar-refractivity contribution in [1.29, 1.82) is 0 Å². The Morgan fingerprint density at radius 3 is 2.59 bits per heavy atom. The van der Waals surface area contributed by atoms with Crippen LogP contribution in [0.3, 0.4) is 0 Å². The molecule has 5 heteroatoms. The van der Waals surface area contributed by atoms with Crippen LogP contribution in [0.5, 0.6) is 0 Å². The fourth-order valence-electron chi connectivity index (χ4n) is 1.48. The van der Waals surface area contributed by atoms with E-state index >= 15 is 0 Å². The Morgan fingerprint density at radius 1 is 1.24 bits per heavy atom. The fraction of sp³-hybridized carbons (Fsp3) is 0.917. The van der Waals surface area contributed by atoms with Gasteiger partial charge in [-0.2, -0.15) is 0 Å². The lowest BCUT2D eigenvalue weighted by Crippen LogP contribution is -2.23. The van der Waals surface area contributed by atoms with Crippen LogP contribution < -0.4 is 0 Å². The maximum atomic E-state index is 10.3. The Balaban J connectivity index is 3.71. The highest BCUT2D eigenvalue weighted by Gasteiger charge is 2.11. The summed E-state index contributed by atoms with van der Waals surface area (Å²) in [5, 5.41) is 8.44. The molecule has 0 aliphatic rings. The van der Waals surface area contributed by atoms with Gasteiger partial charge >= 0.3 is 6.16 Å². The first-order valence-electron chi connectivity index (χ1n) is 6.17. The van der Waals surface area contributed by atoms with Crippen LogP contribution in [-0.2, 0) is 14.2 Å². The second-order valence-corrected chi connectivity index (χ2v) is 3.91. The summed E-state index contributed by atoms with van der Waals surface area (Å²) >= 11 is 0. The molecule has 0 aliphatic heterocycles. The average molecular weight is 248 g/mol. The number of rotatable bonds is 11. The van der Waals surface area contributed by atoms with Gasteiger partial charge in [-0.3, -0.25) is 0 Å². The molecule has 0 fully saturated rings. The summed E-state index contributed by atoms with van der Waals surface area (Å²) in [6, 6.07) is 0. The molecule has 0 amide bonds. The van der Waals surface area contributed by atoms with E-state index in [4.69, 9.17) is 14.6 Å². The van der Waals surface area contributed by atoms with E-state index in [0.29, 0.717) is 13.2 Å². The van der Waals surface area contributed by atoms with Gasteiger partial charge in [0.05, 0.1) is 19.3 Å². The van der Waals surface area contributed by atoms with Gasteiger partial charge in [-0.05, 0) is 6.42 Å². The lowest BCUT2D eigenvalue weighted by molar-refractivity contribution is -0.0281. The third-order valence-corrected chi connectivity index (χ3v) is 2.41. The standard InChI is InChI=1S/C12H24O5/c1-3-4-5-6-7-11(10-17-12(13)14)16-9-8-15-2/h11H,3-10H2,1-2H3,(H,13,14). The number of methoxy groups -OCH3 is 1. The smallest absolute Gasteiger partial charge is 0.450 e. The zero-order valence-corrected chi connectivity index (χ0v) is 10.8. The Morgan fingerprint density at radius 2 is 2.00 bits per heavy atom. The summed E-state index contributed by atoms with van der Waals surface area (Å²) in [6.07, 6.45) is 3.99. The predicted molar refractivity (Wildman–Crippen MR) is 64.4 cm³/mol. The molecule has 1 atom stereocenters. The number of unbranched alkanes of at least 4 members (excludes halogenated alkanes) is 3. The largest absolute Gasteiger partial charge is 0.505 e.